The molecule has 0 spiro atoms. The number of sulfonamides is 2. The van der Waals surface area contributed by atoms with Gasteiger partial charge in [0.2, 0.25) is 31.8 Å². The van der Waals surface area contributed by atoms with Gasteiger partial charge in [0.15, 0.2) is 11.4 Å². The lowest BCUT2D eigenvalue weighted by molar-refractivity contribution is 0.270. The van der Waals surface area contributed by atoms with E-state index in [9.17, 15) is 47.2 Å². The second kappa shape index (κ2) is 35.1. The van der Waals surface area contributed by atoms with E-state index in [1.807, 2.05) is 12.1 Å². The number of nitrogens with zero attached hydrogens (tertiary/aromatic N) is 10. The van der Waals surface area contributed by atoms with E-state index in [4.69, 9.17) is 0 Å². The summed E-state index contributed by atoms with van der Waals surface area (Å²) < 4.78 is 64.0. The van der Waals surface area contributed by atoms with Crippen LogP contribution in [0.15, 0.2) is 149 Å². The fourth-order valence-corrected chi connectivity index (χ4v) is 14.7. The fourth-order valence-electron chi connectivity index (χ4n) is 11.5. The second-order valence-corrected chi connectivity index (χ2v) is 27.3. The zero-order valence-electron chi connectivity index (χ0n) is 53.9. The Morgan fingerprint density at radius 1 is 0.456 bits per heavy atom. The zero-order valence-corrected chi connectivity index (χ0v) is 55.5. The maximum atomic E-state index is 15.0. The van der Waals surface area contributed by atoms with Crippen molar-refractivity contribution < 1.29 is 27.0 Å². The first-order chi connectivity index (χ1) is 43.4. The van der Waals surface area contributed by atoms with E-state index >= 15 is 0 Å². The van der Waals surface area contributed by atoms with Gasteiger partial charge in [0, 0.05) is 50.4 Å². The Morgan fingerprint density at radius 3 is 1.04 bits per heavy atom. The maximum Gasteiger partial charge on any atom is 0.281 e. The van der Waals surface area contributed by atoms with Crippen molar-refractivity contribution in [3.8, 4) is 46.2 Å². The van der Waals surface area contributed by atoms with Gasteiger partial charge in [0.25, 0.3) is 11.1 Å². The average Bonchev–Trinajstić information content (AvgIpc) is 0.965. The molecule has 4 unspecified atom stereocenters. The van der Waals surface area contributed by atoms with Gasteiger partial charge < -0.3 is 10.2 Å². The van der Waals surface area contributed by atoms with Crippen molar-refractivity contribution in [3.05, 3.63) is 141 Å². The van der Waals surface area contributed by atoms with Gasteiger partial charge in [-0.15, -0.1) is 10.2 Å². The predicted molar refractivity (Wildman–Crippen MR) is 357 cm³/mol. The molecule has 6 rings (SSSR count). The van der Waals surface area contributed by atoms with Gasteiger partial charge in [0.1, 0.15) is 23.3 Å². The number of rotatable bonds is 37. The highest BCUT2D eigenvalue weighted by atomic mass is 32.2. The minimum atomic E-state index is -4.07. The second-order valence-electron chi connectivity index (χ2n) is 23.4. The summed E-state index contributed by atoms with van der Waals surface area (Å²) in [6, 6.07) is 32.7. The van der Waals surface area contributed by atoms with E-state index in [1.54, 1.807) is 93.5 Å². The van der Waals surface area contributed by atoms with E-state index in [-0.39, 0.29) is 67.1 Å². The molecule has 0 bridgehead atoms. The molecule has 0 fully saturated rings. The van der Waals surface area contributed by atoms with Crippen LogP contribution in [0.3, 0.4) is 0 Å². The summed E-state index contributed by atoms with van der Waals surface area (Å²) in [5.74, 6) is -0.955. The summed E-state index contributed by atoms with van der Waals surface area (Å²) >= 11 is 0. The minimum Gasteiger partial charge on any atom is -0.493 e. The van der Waals surface area contributed by atoms with Gasteiger partial charge in [0.05, 0.1) is 21.2 Å². The van der Waals surface area contributed by atoms with Crippen molar-refractivity contribution in [2.45, 2.75) is 181 Å². The molecular weight excluding hydrogens is 1170 g/mol. The summed E-state index contributed by atoms with van der Waals surface area (Å²) in [5.41, 5.74) is -2.75. The smallest absolute Gasteiger partial charge is 0.281 e. The lowest BCUT2D eigenvalue weighted by atomic mass is 9.97. The normalized spacial score (nSPS) is 13.5. The standard InChI is InChI=1S/C70H92N10O8S2/c1-9-17-29-51(13-5)47-77(48-52(14-6)30-18-10-2)89(85,86)59-39-27-37-57(43-59)73-75-65-63(55-33-23-21-24-34-55)61(45-71)67(81)79(69(65)83)41-42-80-68(82)62(46-72)64(56-35-25-22-26-36-56)66(70(80)84)76-74-58-38-28-40-60(44-58)90(87,88)78(49-53(15-7)31-19-11-3)50-54(16-8)32-20-12-4/h21-28,33-40,43-44,51-54,81-82H,9-20,29-32,41-42,47-50H2,1-8H3. The van der Waals surface area contributed by atoms with Gasteiger partial charge in [-0.25, -0.2) is 16.8 Å². The van der Waals surface area contributed by atoms with E-state index in [0.717, 1.165) is 112 Å². The number of unbranched alkanes of at least 4 members (excludes halogenated alkanes) is 4. The van der Waals surface area contributed by atoms with Crippen LogP contribution in [-0.4, -0.2) is 71.0 Å². The summed E-state index contributed by atoms with van der Waals surface area (Å²) in [7, 11) is -8.15. The molecule has 2 aromatic heterocycles. The molecule has 0 amide bonds. The van der Waals surface area contributed by atoms with Crippen LogP contribution < -0.4 is 11.1 Å². The number of hydrogen-bond donors (Lipinski definition) is 2. The van der Waals surface area contributed by atoms with Gasteiger partial charge in [-0.1, -0.05) is 205 Å². The number of nitriles is 2. The molecule has 0 radical (unpaired) electrons. The van der Waals surface area contributed by atoms with E-state index in [0.29, 0.717) is 37.3 Å². The van der Waals surface area contributed by atoms with Crippen LogP contribution in [0.2, 0.25) is 0 Å². The molecule has 4 atom stereocenters. The first kappa shape index (κ1) is 71.5. The van der Waals surface area contributed by atoms with Gasteiger partial charge >= 0.3 is 0 Å². The van der Waals surface area contributed by atoms with Crippen LogP contribution in [0.5, 0.6) is 11.8 Å². The number of hydrogen-bond acceptors (Lipinski definition) is 14. The fraction of sp³-hybridized carbons (Fsp3) is 0.486. The quantitative estimate of drug-likeness (QED) is 0.0349. The third kappa shape index (κ3) is 18.1. The van der Waals surface area contributed by atoms with E-state index < -0.39 is 67.4 Å². The van der Waals surface area contributed by atoms with Crippen LogP contribution in [0, 0.1) is 46.3 Å². The molecule has 482 valence electrons. The molecule has 2 heterocycles. The highest BCUT2D eigenvalue weighted by Gasteiger charge is 2.32. The zero-order chi connectivity index (χ0) is 65.4. The number of aromatic nitrogens is 2. The molecule has 2 N–H and O–H groups in total. The molecule has 0 aliphatic heterocycles. The molecule has 90 heavy (non-hydrogen) atoms. The Morgan fingerprint density at radius 2 is 0.767 bits per heavy atom. The van der Waals surface area contributed by atoms with E-state index in [1.165, 1.54) is 24.3 Å². The molecule has 20 heteroatoms. The summed E-state index contributed by atoms with van der Waals surface area (Å²) in [6.07, 6.45) is 14.8. The molecule has 0 aliphatic carbocycles. The highest BCUT2D eigenvalue weighted by Crippen LogP contribution is 2.39. The SMILES string of the molecule is CCCCC(CC)CN(CC(CC)CCCC)S(=O)(=O)c1cccc(N=Nc2c(-c3ccccc3)c(C#N)c(O)n(CCn3c(O)c(C#N)c(-c4ccccc4)c(N=Nc4cccc(S(=O)(=O)N(CC(CC)CCCC)CC(CC)CCCC)c4)c3=O)c2=O)c1. The molecule has 0 saturated carbocycles. The van der Waals surface area contributed by atoms with Crippen LogP contribution >= 0.6 is 0 Å². The first-order valence-electron chi connectivity index (χ1n) is 32.3. The first-order valence-corrected chi connectivity index (χ1v) is 35.2. The Labute approximate surface area is 533 Å². The summed E-state index contributed by atoms with van der Waals surface area (Å²) in [6.45, 7) is 17.1. The number of aromatic hydroxyl groups is 2. The Kier molecular flexibility index (Phi) is 27.9. The predicted octanol–water partition coefficient (Wildman–Crippen LogP) is 16.9. The van der Waals surface area contributed by atoms with Crippen LogP contribution in [-0.2, 0) is 33.1 Å². The summed E-state index contributed by atoms with van der Waals surface area (Å²) in [4.78, 5) is 30.0. The van der Waals surface area contributed by atoms with E-state index in [2.05, 4.69) is 75.8 Å². The molecule has 18 nitrogen and oxygen atoms in total. The number of pyridine rings is 2. The summed E-state index contributed by atoms with van der Waals surface area (Å²) in [5, 5.41) is 63.1. The van der Waals surface area contributed by atoms with Crippen LogP contribution in [0.4, 0.5) is 22.7 Å². The monoisotopic (exact) mass is 1260 g/mol. The van der Waals surface area contributed by atoms with Crippen molar-refractivity contribution in [1.82, 2.24) is 17.7 Å². The van der Waals surface area contributed by atoms with Crippen LogP contribution in [0.25, 0.3) is 22.3 Å². The molecule has 4 aromatic carbocycles. The maximum absolute atomic E-state index is 15.0. The average molecular weight is 1270 g/mol. The molecule has 0 aliphatic rings. The Hall–Kier alpha value is -7.62. The van der Waals surface area contributed by atoms with Crippen LogP contribution in [0.1, 0.15) is 169 Å². The number of azo groups is 2. The Bertz CT molecular complexity index is 3540. The molecule has 0 saturated heterocycles. The van der Waals surface area contributed by atoms with Crippen molar-refractivity contribution in [1.29, 1.82) is 10.5 Å². The van der Waals surface area contributed by atoms with Gasteiger partial charge in [-0.05, 0) is 96.9 Å². The van der Waals surface area contributed by atoms with Crippen molar-refractivity contribution in [3.63, 3.8) is 0 Å². The third-order valence-electron chi connectivity index (χ3n) is 17.2. The third-order valence-corrected chi connectivity index (χ3v) is 20.8. The largest absolute Gasteiger partial charge is 0.493 e. The highest BCUT2D eigenvalue weighted by molar-refractivity contribution is 7.89. The minimum absolute atomic E-state index is 0.00194. The lowest BCUT2D eigenvalue weighted by Crippen LogP contribution is -2.39. The number of benzene rings is 4. The Balaban J connectivity index is 1.45. The van der Waals surface area contributed by atoms with Crippen molar-refractivity contribution >= 4 is 42.8 Å². The van der Waals surface area contributed by atoms with Gasteiger partial charge in [-0.2, -0.15) is 29.4 Å². The lowest BCUT2D eigenvalue weighted by Gasteiger charge is -2.30. The molecular formula is C70H92N10O8S2. The van der Waals surface area contributed by atoms with Gasteiger partial charge in [-0.3, -0.25) is 18.7 Å². The van der Waals surface area contributed by atoms with Crippen molar-refractivity contribution in [2.75, 3.05) is 26.2 Å². The molecule has 6 aromatic rings. The van der Waals surface area contributed by atoms with Crippen molar-refractivity contribution in [2.24, 2.45) is 44.1 Å². The topological polar surface area (TPSA) is 256 Å².